The Morgan fingerprint density at radius 1 is 0.881 bits per heavy atom. The number of carbonyl (C=O) groups excluding carboxylic acids is 4. The number of pyridine rings is 1. The van der Waals surface area contributed by atoms with E-state index in [0.29, 0.717) is 40.6 Å². The molecule has 1 saturated heterocycles. The van der Waals surface area contributed by atoms with Gasteiger partial charge >= 0.3 is 12.2 Å². The first-order chi connectivity index (χ1) is 32.1. The molecule has 0 radical (unpaired) electrons. The summed E-state index contributed by atoms with van der Waals surface area (Å²) in [5.74, 6) is 1.99. The molecule has 354 valence electrons. The van der Waals surface area contributed by atoms with Gasteiger partial charge in [0.2, 0.25) is 5.91 Å². The summed E-state index contributed by atoms with van der Waals surface area (Å²) >= 11 is 0. The second kappa shape index (κ2) is 19.6. The first kappa shape index (κ1) is 47.3. The fourth-order valence-corrected chi connectivity index (χ4v) is 11.0. The van der Waals surface area contributed by atoms with Crippen LogP contribution in [0.5, 0.6) is 0 Å². The van der Waals surface area contributed by atoms with Crippen LogP contribution < -0.4 is 16.0 Å². The fraction of sp³-hybridized carbons (Fsp3) is 0.460. The number of hydrogen-bond acceptors (Lipinski definition) is 11. The number of aldehydes is 1. The highest BCUT2D eigenvalue weighted by Crippen LogP contribution is 2.58. The largest absolute Gasteiger partial charge is 0.453 e. The molecule has 4 heterocycles. The van der Waals surface area contributed by atoms with Crippen LogP contribution in [0.25, 0.3) is 45.8 Å². The summed E-state index contributed by atoms with van der Waals surface area (Å²) in [6.07, 6.45) is 13.7. The van der Waals surface area contributed by atoms with Crippen LogP contribution in [0.4, 0.5) is 15.3 Å². The van der Waals surface area contributed by atoms with E-state index in [9.17, 15) is 23.4 Å². The van der Waals surface area contributed by atoms with Crippen LogP contribution in [0.2, 0.25) is 0 Å². The van der Waals surface area contributed by atoms with Gasteiger partial charge in [0.25, 0.3) is 0 Å². The molecule has 4 N–H and O–H groups in total. The topological polar surface area (TPSA) is 200 Å². The number of H-pyrrole nitrogens is 1. The fourth-order valence-electron chi connectivity index (χ4n) is 10.0. The Labute approximate surface area is 394 Å². The van der Waals surface area contributed by atoms with E-state index in [0.717, 1.165) is 48.6 Å². The average Bonchev–Trinajstić information content (AvgIpc) is 4.15. The lowest BCUT2D eigenvalue weighted by molar-refractivity contribution is -0.133. The maximum absolute atomic E-state index is 13.5. The summed E-state index contributed by atoms with van der Waals surface area (Å²) in [7, 11) is 4.69. The van der Waals surface area contributed by atoms with Gasteiger partial charge in [0, 0.05) is 29.9 Å². The summed E-state index contributed by atoms with van der Waals surface area (Å²) in [6, 6.07) is 8.93. The minimum atomic E-state index is -1.67. The average molecular weight is 932 g/mol. The van der Waals surface area contributed by atoms with Crippen LogP contribution in [0, 0.1) is 11.8 Å². The van der Waals surface area contributed by atoms with Crippen molar-refractivity contribution in [1.82, 2.24) is 35.4 Å². The quantitative estimate of drug-likeness (QED) is 0.0883. The van der Waals surface area contributed by atoms with Crippen LogP contribution in [-0.4, -0.2) is 112 Å². The maximum Gasteiger partial charge on any atom is 0.407 e. The summed E-state index contributed by atoms with van der Waals surface area (Å²) < 4.78 is 27.0. The summed E-state index contributed by atoms with van der Waals surface area (Å²) in [6.45, 7) is 10.3. The summed E-state index contributed by atoms with van der Waals surface area (Å²) in [5, 5.41) is 8.43. The first-order valence-corrected chi connectivity index (χ1v) is 24.2. The summed E-state index contributed by atoms with van der Waals surface area (Å²) in [4.78, 5) is 64.6. The van der Waals surface area contributed by atoms with Crippen LogP contribution in [-0.2, 0) is 30.0 Å². The molecular weight excluding hydrogens is 871 g/mol. The van der Waals surface area contributed by atoms with Crippen molar-refractivity contribution in [2.45, 2.75) is 108 Å². The Hall–Kier alpha value is -6.20. The number of benzene rings is 2. The Morgan fingerprint density at radius 2 is 1.57 bits per heavy atom. The Morgan fingerprint density at radius 3 is 2.21 bits per heavy atom. The van der Waals surface area contributed by atoms with Gasteiger partial charge in [0.15, 0.2) is 11.0 Å². The van der Waals surface area contributed by atoms with Crippen molar-refractivity contribution in [2.24, 2.45) is 16.2 Å². The second-order valence-corrected chi connectivity index (χ2v) is 19.9. The molecule has 0 spiro atoms. The number of carbonyl (C=O) groups is 4. The SMILES string of the molecule is COC(=O)NC(C(=O)N(C)C(C)C1=NS(=O)c2ccc(-c3ncc(-c4ccc(-c5cnc(C6CCCN6C)[nH]5)c5c4C=C5)c4c3C3CCC4C3)cc2N1)C(C)C.COC(=O)NC(C=O)C(C)C. The summed E-state index contributed by atoms with van der Waals surface area (Å²) in [5.41, 5.74) is 12.5. The van der Waals surface area contributed by atoms with Crippen LogP contribution in [0.15, 0.2) is 52.0 Å². The minimum Gasteiger partial charge on any atom is -0.453 e. The van der Waals surface area contributed by atoms with E-state index in [-0.39, 0.29) is 17.7 Å². The molecule has 2 aromatic heterocycles. The van der Waals surface area contributed by atoms with E-state index in [1.165, 1.54) is 70.9 Å². The smallest absolute Gasteiger partial charge is 0.407 e. The second-order valence-electron chi connectivity index (χ2n) is 18.8. The zero-order valence-corrected chi connectivity index (χ0v) is 40.5. The lowest BCUT2D eigenvalue weighted by atomic mass is 9.80. The van der Waals surface area contributed by atoms with Crippen molar-refractivity contribution in [3.8, 4) is 33.6 Å². The lowest BCUT2D eigenvalue weighted by Crippen LogP contribution is -2.54. The molecule has 3 amide bonds. The molecule has 2 fully saturated rings. The number of ether oxygens (including phenoxy) is 2. The number of rotatable bonds is 12. The lowest BCUT2D eigenvalue weighted by Gasteiger charge is -2.32. The van der Waals surface area contributed by atoms with Gasteiger partial charge < -0.3 is 40.1 Å². The monoisotopic (exact) mass is 931 g/mol. The molecule has 7 unspecified atom stereocenters. The molecule has 17 heteroatoms. The third kappa shape index (κ3) is 9.15. The number of aromatic amines is 1. The molecule has 2 aliphatic heterocycles. The van der Waals surface area contributed by atoms with Crippen molar-refractivity contribution >= 4 is 59.0 Å². The van der Waals surface area contributed by atoms with Crippen LogP contribution >= 0.6 is 0 Å². The van der Waals surface area contributed by atoms with Crippen molar-refractivity contribution in [3.05, 3.63) is 70.8 Å². The number of anilines is 1. The molecule has 2 bridgehead atoms. The predicted octanol–water partition coefficient (Wildman–Crippen LogP) is 8.06. The van der Waals surface area contributed by atoms with E-state index >= 15 is 0 Å². The van der Waals surface area contributed by atoms with Gasteiger partial charge in [0.05, 0.1) is 60.5 Å². The Kier molecular flexibility index (Phi) is 13.8. The van der Waals surface area contributed by atoms with Gasteiger partial charge in [-0.3, -0.25) is 14.7 Å². The number of likely N-dealkylation sites (tertiary alicyclic amines) is 1. The predicted molar refractivity (Wildman–Crippen MR) is 260 cm³/mol. The maximum atomic E-state index is 13.5. The number of likely N-dealkylation sites (N-methyl/N-ethyl adjacent to an activating group) is 1. The van der Waals surface area contributed by atoms with Crippen molar-refractivity contribution in [3.63, 3.8) is 0 Å². The minimum absolute atomic E-state index is 0.0894. The number of amides is 3. The number of nitrogens with one attached hydrogen (secondary N) is 4. The number of imidazole rings is 1. The molecule has 2 aromatic carbocycles. The van der Waals surface area contributed by atoms with Crippen molar-refractivity contribution in [1.29, 1.82) is 0 Å². The van der Waals surface area contributed by atoms with E-state index in [2.05, 4.69) is 72.5 Å². The van der Waals surface area contributed by atoms with E-state index in [1.807, 2.05) is 59.0 Å². The van der Waals surface area contributed by atoms with Crippen LogP contribution in [0.3, 0.4) is 0 Å². The Bertz CT molecular complexity index is 2680. The number of fused-ring (bicyclic) bond motifs is 7. The number of nitrogens with zero attached hydrogens (tertiary/aromatic N) is 5. The number of methoxy groups -OCH3 is 2. The van der Waals surface area contributed by atoms with Crippen LogP contribution in [0.1, 0.15) is 113 Å². The third-order valence-corrected chi connectivity index (χ3v) is 15.2. The molecule has 5 aliphatic rings. The van der Waals surface area contributed by atoms with Gasteiger partial charge in [-0.25, -0.2) is 18.8 Å². The van der Waals surface area contributed by atoms with E-state index < -0.39 is 41.3 Å². The number of aromatic nitrogens is 3. The van der Waals surface area contributed by atoms with Gasteiger partial charge in [0.1, 0.15) is 24.0 Å². The highest BCUT2D eigenvalue weighted by molar-refractivity contribution is 7.84. The van der Waals surface area contributed by atoms with Gasteiger partial charge in [-0.1, -0.05) is 58.0 Å². The third-order valence-electron chi connectivity index (χ3n) is 14.1. The molecule has 9 rings (SSSR count). The highest BCUT2D eigenvalue weighted by atomic mass is 32.2. The molecule has 67 heavy (non-hydrogen) atoms. The first-order valence-electron chi connectivity index (χ1n) is 23.1. The number of hydrogen-bond donors (Lipinski definition) is 4. The van der Waals surface area contributed by atoms with Crippen molar-refractivity contribution < 1.29 is 32.9 Å². The molecular formula is C50H61N9O7S. The number of alkyl carbamates (subject to hydrolysis) is 2. The van der Waals surface area contributed by atoms with E-state index in [1.54, 1.807) is 7.05 Å². The molecule has 3 aliphatic carbocycles. The van der Waals surface area contributed by atoms with Gasteiger partial charge in [-0.15, -0.1) is 0 Å². The molecule has 1 saturated carbocycles. The van der Waals surface area contributed by atoms with Gasteiger partial charge in [-0.2, -0.15) is 4.40 Å². The van der Waals surface area contributed by atoms with Crippen molar-refractivity contribution in [2.75, 3.05) is 40.2 Å². The zero-order valence-electron chi connectivity index (χ0n) is 39.6. The standard InChI is InChI=1S/C43H48N8O4S.C7H13NO3/c1-22(2)38(48-43(53)55-6)42(52)51(5)23(3)40-46-32-19-26(11-16-35(32)56(54)49-40)39-37-25-10-9-24(18-25)36(37)31(20-44-39)29-14-15-30(28-13-12-27(28)29)33-21-45-41(47-33)34-8-7-17-50(34)4;1-5(2)6(4-9)8-7(10)11-3/h11-16,19-25,34,38H,7-10,17-18H2,1-6H3,(H,45,47)(H,46,49)(H,48,53);4-6H,1-3H3,(H,8,10). The highest BCUT2D eigenvalue weighted by Gasteiger charge is 2.42. The molecule has 16 nitrogen and oxygen atoms in total. The van der Waals surface area contributed by atoms with E-state index in [4.69, 9.17) is 14.7 Å². The van der Waals surface area contributed by atoms with Gasteiger partial charge in [-0.05, 0) is 116 Å². The molecule has 7 atom stereocenters. The Balaban J connectivity index is 0.000000493. The number of amidine groups is 1. The normalized spacial score (nSPS) is 21.0. The zero-order chi connectivity index (χ0) is 47.8. The molecule has 4 aromatic rings.